The lowest BCUT2D eigenvalue weighted by atomic mass is 10.4. The Bertz CT molecular complexity index is 444. The standard InChI is InChI=1S/C9H13BrClNO2S2/c1-7(2)12(5-4-11)16(13,14)9-8(10)3-6-15-9/h3,6-7H,4-5H2,1-2H3. The van der Waals surface area contributed by atoms with E-state index in [0.29, 0.717) is 21.1 Å². The second kappa shape index (κ2) is 5.82. The predicted molar refractivity (Wildman–Crippen MR) is 71.8 cm³/mol. The Kier molecular flexibility index (Phi) is 5.25. The van der Waals surface area contributed by atoms with Crippen molar-refractivity contribution in [3.8, 4) is 0 Å². The summed E-state index contributed by atoms with van der Waals surface area (Å²) in [5, 5.41) is 1.75. The Morgan fingerprint density at radius 3 is 2.56 bits per heavy atom. The maximum atomic E-state index is 12.3. The van der Waals surface area contributed by atoms with Crippen LogP contribution in [0.1, 0.15) is 13.8 Å². The molecular formula is C9H13BrClNO2S2. The van der Waals surface area contributed by atoms with Gasteiger partial charge in [0, 0.05) is 22.9 Å². The van der Waals surface area contributed by atoms with Crippen molar-refractivity contribution in [1.29, 1.82) is 0 Å². The van der Waals surface area contributed by atoms with Gasteiger partial charge in [-0.3, -0.25) is 0 Å². The molecule has 0 N–H and O–H groups in total. The predicted octanol–water partition coefficient (Wildman–Crippen LogP) is 3.15. The van der Waals surface area contributed by atoms with Gasteiger partial charge in [-0.15, -0.1) is 22.9 Å². The fraction of sp³-hybridized carbons (Fsp3) is 0.556. The monoisotopic (exact) mass is 345 g/mol. The third-order valence-corrected chi connectivity index (χ3v) is 6.90. The molecule has 0 aliphatic heterocycles. The summed E-state index contributed by atoms with van der Waals surface area (Å²) < 4.78 is 26.9. The molecule has 1 rings (SSSR count). The first-order valence-corrected chi connectivity index (χ1v) is 8.36. The van der Waals surface area contributed by atoms with Gasteiger partial charge in [0.15, 0.2) is 0 Å². The van der Waals surface area contributed by atoms with Gasteiger partial charge in [0.25, 0.3) is 10.0 Å². The molecule has 0 unspecified atom stereocenters. The molecule has 1 aromatic heterocycles. The highest BCUT2D eigenvalue weighted by molar-refractivity contribution is 9.10. The van der Waals surface area contributed by atoms with Crippen molar-refractivity contribution < 1.29 is 8.42 Å². The van der Waals surface area contributed by atoms with Gasteiger partial charge in [0.1, 0.15) is 4.21 Å². The van der Waals surface area contributed by atoms with Gasteiger partial charge in [0.2, 0.25) is 0 Å². The molecule has 92 valence electrons. The molecule has 1 heterocycles. The number of rotatable bonds is 5. The molecule has 0 amide bonds. The average Bonchev–Trinajstić information content (AvgIpc) is 2.60. The Labute approximate surface area is 114 Å². The van der Waals surface area contributed by atoms with E-state index in [-0.39, 0.29) is 6.04 Å². The zero-order valence-corrected chi connectivity index (χ0v) is 13.0. The van der Waals surface area contributed by atoms with Crippen LogP contribution in [0.4, 0.5) is 0 Å². The van der Waals surface area contributed by atoms with E-state index in [1.165, 1.54) is 15.6 Å². The van der Waals surface area contributed by atoms with Crippen molar-refractivity contribution in [2.24, 2.45) is 0 Å². The molecule has 0 saturated carbocycles. The highest BCUT2D eigenvalue weighted by Crippen LogP contribution is 2.31. The molecule has 3 nitrogen and oxygen atoms in total. The van der Waals surface area contributed by atoms with Gasteiger partial charge in [-0.05, 0) is 41.2 Å². The number of thiophene rings is 1. The summed E-state index contributed by atoms with van der Waals surface area (Å²) in [6, 6.07) is 1.63. The van der Waals surface area contributed by atoms with Crippen molar-refractivity contribution in [2.45, 2.75) is 24.1 Å². The molecular weight excluding hydrogens is 334 g/mol. The molecule has 1 aromatic rings. The lowest BCUT2D eigenvalue weighted by molar-refractivity contribution is 0.371. The van der Waals surface area contributed by atoms with Crippen LogP contribution in [0.5, 0.6) is 0 Å². The number of hydrogen-bond donors (Lipinski definition) is 0. The molecule has 0 saturated heterocycles. The van der Waals surface area contributed by atoms with Crippen LogP contribution >= 0.6 is 38.9 Å². The van der Waals surface area contributed by atoms with Gasteiger partial charge in [-0.2, -0.15) is 4.31 Å². The fourth-order valence-corrected chi connectivity index (χ4v) is 5.66. The largest absolute Gasteiger partial charge is 0.253 e. The van der Waals surface area contributed by atoms with Crippen LogP contribution in [0.15, 0.2) is 20.1 Å². The molecule has 0 bridgehead atoms. The van der Waals surface area contributed by atoms with Crippen molar-refractivity contribution in [2.75, 3.05) is 12.4 Å². The first kappa shape index (κ1) is 14.4. The molecule has 0 spiro atoms. The van der Waals surface area contributed by atoms with Crippen LogP contribution in [-0.2, 0) is 10.0 Å². The van der Waals surface area contributed by atoms with Crippen molar-refractivity contribution >= 4 is 48.9 Å². The van der Waals surface area contributed by atoms with E-state index in [1.807, 2.05) is 13.8 Å². The molecule has 0 atom stereocenters. The third kappa shape index (κ3) is 2.98. The van der Waals surface area contributed by atoms with Crippen LogP contribution in [0.2, 0.25) is 0 Å². The number of sulfonamides is 1. The van der Waals surface area contributed by atoms with Gasteiger partial charge >= 0.3 is 0 Å². The van der Waals surface area contributed by atoms with Gasteiger partial charge in [0.05, 0.1) is 0 Å². The van der Waals surface area contributed by atoms with Gasteiger partial charge in [-0.25, -0.2) is 8.42 Å². The van der Waals surface area contributed by atoms with E-state index in [2.05, 4.69) is 15.9 Å². The third-order valence-electron chi connectivity index (χ3n) is 2.01. The second-order valence-electron chi connectivity index (χ2n) is 3.45. The molecule has 0 aromatic carbocycles. The first-order valence-electron chi connectivity index (χ1n) is 4.72. The summed E-state index contributed by atoms with van der Waals surface area (Å²) in [5.74, 6) is 0.292. The topological polar surface area (TPSA) is 37.4 Å². The summed E-state index contributed by atoms with van der Waals surface area (Å²) in [6.07, 6.45) is 0. The van der Waals surface area contributed by atoms with Gasteiger partial charge < -0.3 is 0 Å². The van der Waals surface area contributed by atoms with Crippen LogP contribution in [0.3, 0.4) is 0 Å². The quantitative estimate of drug-likeness (QED) is 0.768. The van der Waals surface area contributed by atoms with E-state index in [9.17, 15) is 8.42 Å². The Morgan fingerprint density at radius 1 is 1.56 bits per heavy atom. The maximum Gasteiger partial charge on any atom is 0.253 e. The normalized spacial score (nSPS) is 12.6. The smallest absolute Gasteiger partial charge is 0.206 e. The fourth-order valence-electron chi connectivity index (χ4n) is 1.31. The maximum absolute atomic E-state index is 12.3. The lowest BCUT2D eigenvalue weighted by Gasteiger charge is -2.24. The van der Waals surface area contributed by atoms with E-state index in [4.69, 9.17) is 11.6 Å². The van der Waals surface area contributed by atoms with Crippen LogP contribution in [0.25, 0.3) is 0 Å². The summed E-state index contributed by atoms with van der Waals surface area (Å²) in [7, 11) is -3.43. The van der Waals surface area contributed by atoms with Crippen LogP contribution in [0, 0.1) is 0 Å². The SMILES string of the molecule is CC(C)N(CCCl)S(=O)(=O)c1sccc1Br. The van der Waals surface area contributed by atoms with Gasteiger partial charge in [-0.1, -0.05) is 0 Å². The molecule has 0 aliphatic rings. The zero-order valence-electron chi connectivity index (χ0n) is 8.98. The minimum Gasteiger partial charge on any atom is -0.206 e. The summed E-state index contributed by atoms with van der Waals surface area (Å²) in [4.78, 5) is 0. The minimum absolute atomic E-state index is 0.0993. The number of alkyl halides is 1. The highest BCUT2D eigenvalue weighted by atomic mass is 79.9. The molecule has 0 fully saturated rings. The lowest BCUT2D eigenvalue weighted by Crippen LogP contribution is -2.38. The van der Waals surface area contributed by atoms with E-state index in [1.54, 1.807) is 11.4 Å². The number of hydrogen-bond acceptors (Lipinski definition) is 3. The summed E-state index contributed by atoms with van der Waals surface area (Å²) >= 11 is 10.1. The Morgan fingerprint density at radius 2 is 2.19 bits per heavy atom. The summed E-state index contributed by atoms with van der Waals surface area (Å²) in [6.45, 7) is 4.00. The molecule has 7 heteroatoms. The van der Waals surface area contributed by atoms with E-state index in [0.717, 1.165) is 0 Å². The van der Waals surface area contributed by atoms with E-state index >= 15 is 0 Å². The minimum atomic E-state index is -3.43. The second-order valence-corrected chi connectivity index (χ2v) is 7.69. The van der Waals surface area contributed by atoms with E-state index < -0.39 is 10.0 Å². The van der Waals surface area contributed by atoms with Crippen molar-refractivity contribution in [1.82, 2.24) is 4.31 Å². The van der Waals surface area contributed by atoms with Crippen molar-refractivity contribution in [3.63, 3.8) is 0 Å². The molecule has 0 aliphatic carbocycles. The average molecular weight is 347 g/mol. The Hall–Kier alpha value is 0.380. The van der Waals surface area contributed by atoms with Crippen LogP contribution < -0.4 is 0 Å². The number of nitrogens with zero attached hydrogens (tertiary/aromatic N) is 1. The van der Waals surface area contributed by atoms with Crippen LogP contribution in [-0.4, -0.2) is 31.2 Å². The highest BCUT2D eigenvalue weighted by Gasteiger charge is 2.29. The molecule has 0 radical (unpaired) electrons. The Balaban J connectivity index is 3.14. The number of halogens is 2. The summed E-state index contributed by atoms with van der Waals surface area (Å²) in [5.41, 5.74) is 0. The first-order chi connectivity index (χ1) is 7.41. The van der Waals surface area contributed by atoms with Crippen molar-refractivity contribution in [3.05, 3.63) is 15.9 Å². The molecule has 16 heavy (non-hydrogen) atoms. The zero-order chi connectivity index (χ0) is 12.3.